The summed E-state index contributed by atoms with van der Waals surface area (Å²) in [6.07, 6.45) is 2.98. The minimum atomic E-state index is -3.92. The van der Waals surface area contributed by atoms with Gasteiger partial charge in [-0.15, -0.1) is 0 Å². The van der Waals surface area contributed by atoms with Crippen LogP contribution in [-0.2, 0) is 30.3 Å². The number of nitrogens with zero attached hydrogens (tertiary/aromatic N) is 2. The van der Waals surface area contributed by atoms with Crippen LogP contribution in [0.15, 0.2) is 59.6 Å². The standard InChI is InChI=1S/C37H54FN3O6SSi/c1-35(2,3)47-34(42)41-22-19-28(20-23-41)27-17-15-26(16-18-27)25-32-37(7,8)46-33(40-48(32,43)44)39-31(29-13-11-12-14-30(29)38)21-24-45-49(9,10)36(4,5)6/h11-19,31-32H,20-25H2,1-10H3,(H,39,40). The molecule has 1 N–H and O–H groups in total. The van der Waals surface area contributed by atoms with E-state index < -0.39 is 46.7 Å². The predicted molar refractivity (Wildman–Crippen MR) is 196 cm³/mol. The average Bonchev–Trinajstić information content (AvgIpc) is 2.97. The van der Waals surface area contributed by atoms with Crippen molar-refractivity contribution in [1.82, 2.24) is 9.62 Å². The molecule has 4 rings (SSSR count). The highest BCUT2D eigenvalue weighted by Crippen LogP contribution is 2.37. The number of amides is 1. The molecule has 0 aliphatic carbocycles. The van der Waals surface area contributed by atoms with Crippen LogP contribution < -0.4 is 4.72 Å². The summed E-state index contributed by atoms with van der Waals surface area (Å²) >= 11 is 0. The predicted octanol–water partition coefficient (Wildman–Crippen LogP) is 8.00. The number of nitrogens with one attached hydrogen (secondary N) is 1. The third-order valence-corrected chi connectivity index (χ3v) is 16.0. The average molecular weight is 716 g/mol. The Morgan fingerprint density at radius 3 is 2.31 bits per heavy atom. The van der Waals surface area contributed by atoms with Crippen LogP contribution in [0, 0.1) is 5.82 Å². The van der Waals surface area contributed by atoms with Gasteiger partial charge in [-0.05, 0) is 94.8 Å². The van der Waals surface area contributed by atoms with Crippen LogP contribution in [0.4, 0.5) is 9.18 Å². The number of halogens is 1. The molecule has 1 fully saturated rings. The quantitative estimate of drug-likeness (QED) is 0.264. The third kappa shape index (κ3) is 9.94. The summed E-state index contributed by atoms with van der Waals surface area (Å²) in [6.45, 7) is 21.2. The number of sulfonamides is 1. The van der Waals surface area contributed by atoms with E-state index in [2.05, 4.69) is 43.6 Å². The molecule has 0 bridgehead atoms. The number of hydrogen-bond donors (Lipinski definition) is 1. The lowest BCUT2D eigenvalue weighted by Gasteiger charge is -2.39. The van der Waals surface area contributed by atoms with Crippen LogP contribution in [0.2, 0.25) is 18.1 Å². The summed E-state index contributed by atoms with van der Waals surface area (Å²) in [4.78, 5) is 18.8. The number of rotatable bonds is 9. The number of benzene rings is 2. The van der Waals surface area contributed by atoms with Crippen LogP contribution in [0.25, 0.3) is 5.57 Å². The van der Waals surface area contributed by atoms with E-state index in [1.165, 1.54) is 6.07 Å². The van der Waals surface area contributed by atoms with Gasteiger partial charge in [0.15, 0.2) is 8.32 Å². The molecule has 49 heavy (non-hydrogen) atoms. The Kier molecular flexibility index (Phi) is 11.5. The first-order valence-corrected chi connectivity index (χ1v) is 21.5. The molecule has 2 unspecified atom stereocenters. The molecular formula is C37H54FN3O6SSi. The minimum Gasteiger partial charge on any atom is -0.457 e. The lowest BCUT2D eigenvalue weighted by Crippen LogP contribution is -2.59. The topological polar surface area (TPSA) is 107 Å². The highest BCUT2D eigenvalue weighted by molar-refractivity contribution is 7.90. The zero-order valence-corrected chi connectivity index (χ0v) is 32.5. The monoisotopic (exact) mass is 715 g/mol. The molecule has 0 spiro atoms. The normalized spacial score (nSPS) is 21.0. The van der Waals surface area contributed by atoms with Crippen LogP contribution in [-0.4, -0.2) is 69.9 Å². The Labute approximate surface area is 293 Å². The highest BCUT2D eigenvalue weighted by Gasteiger charge is 2.47. The molecule has 0 saturated carbocycles. The Hall–Kier alpha value is -3.22. The second-order valence-electron chi connectivity index (χ2n) is 16.0. The zero-order valence-electron chi connectivity index (χ0n) is 30.7. The molecule has 1 amide bonds. The molecule has 0 aromatic heterocycles. The summed E-state index contributed by atoms with van der Waals surface area (Å²) in [5, 5.41) is -0.901. The van der Waals surface area contributed by atoms with Gasteiger partial charge in [0.1, 0.15) is 22.3 Å². The van der Waals surface area contributed by atoms with Gasteiger partial charge in [0.2, 0.25) is 10.0 Å². The lowest BCUT2D eigenvalue weighted by molar-refractivity contribution is 0.0270. The number of ether oxygens (including phenoxy) is 2. The van der Waals surface area contributed by atoms with Gasteiger partial charge >= 0.3 is 6.09 Å². The van der Waals surface area contributed by atoms with E-state index in [0.717, 1.165) is 16.7 Å². The van der Waals surface area contributed by atoms with Gasteiger partial charge in [0.25, 0.3) is 6.02 Å². The Balaban J connectivity index is 1.47. The Morgan fingerprint density at radius 1 is 1.10 bits per heavy atom. The molecule has 0 radical (unpaired) electrons. The van der Waals surface area contributed by atoms with Crippen LogP contribution in [0.5, 0.6) is 0 Å². The van der Waals surface area contributed by atoms with Gasteiger partial charge in [-0.2, -0.15) is 0 Å². The fraction of sp³-hybridized carbons (Fsp3) is 0.568. The highest BCUT2D eigenvalue weighted by atomic mass is 32.2. The van der Waals surface area contributed by atoms with Gasteiger partial charge in [0, 0.05) is 25.3 Å². The molecule has 2 aromatic rings. The molecule has 9 nitrogen and oxygen atoms in total. The van der Waals surface area contributed by atoms with Crippen molar-refractivity contribution in [1.29, 1.82) is 0 Å². The summed E-state index contributed by atoms with van der Waals surface area (Å²) < 4.78 is 63.1. The first-order chi connectivity index (χ1) is 22.6. The maximum absolute atomic E-state index is 15.0. The summed E-state index contributed by atoms with van der Waals surface area (Å²) in [5.74, 6) is -0.423. The second kappa shape index (κ2) is 14.6. The Bertz CT molecular complexity index is 1660. The maximum Gasteiger partial charge on any atom is 0.410 e. The molecule has 12 heteroatoms. The second-order valence-corrected chi connectivity index (χ2v) is 22.7. The fourth-order valence-electron chi connectivity index (χ4n) is 5.62. The molecule has 2 atom stereocenters. The van der Waals surface area contributed by atoms with Crippen molar-refractivity contribution in [2.24, 2.45) is 4.99 Å². The number of hydrogen-bond acceptors (Lipinski definition) is 7. The molecule has 2 heterocycles. The minimum absolute atomic E-state index is 0.00615. The van der Waals surface area contributed by atoms with Crippen LogP contribution in [0.3, 0.4) is 0 Å². The van der Waals surface area contributed by atoms with Crippen molar-refractivity contribution in [3.63, 3.8) is 0 Å². The van der Waals surface area contributed by atoms with Crippen molar-refractivity contribution in [2.75, 3.05) is 19.7 Å². The summed E-state index contributed by atoms with van der Waals surface area (Å²) in [6, 6.07) is 13.4. The largest absolute Gasteiger partial charge is 0.457 e. The molecule has 270 valence electrons. The number of amidine groups is 1. The Morgan fingerprint density at radius 2 is 1.76 bits per heavy atom. The number of aliphatic imine (C=N–C) groups is 1. The van der Waals surface area contributed by atoms with E-state index in [0.29, 0.717) is 38.1 Å². The smallest absolute Gasteiger partial charge is 0.410 e. The van der Waals surface area contributed by atoms with E-state index in [-0.39, 0.29) is 23.6 Å². The molecule has 2 aromatic carbocycles. The van der Waals surface area contributed by atoms with Crippen LogP contribution in [0.1, 0.15) is 91.0 Å². The molecular weight excluding hydrogens is 662 g/mol. The number of carbonyl (C=O) groups excluding carboxylic acids is 1. The maximum atomic E-state index is 15.0. The van der Waals surface area contributed by atoms with Gasteiger partial charge < -0.3 is 18.8 Å². The fourth-order valence-corrected chi connectivity index (χ4v) is 8.37. The number of carbonyl (C=O) groups is 1. The van der Waals surface area contributed by atoms with E-state index in [1.54, 1.807) is 36.9 Å². The van der Waals surface area contributed by atoms with E-state index in [4.69, 9.17) is 13.9 Å². The molecule has 2 aliphatic heterocycles. The van der Waals surface area contributed by atoms with Gasteiger partial charge in [0.05, 0.1) is 6.04 Å². The lowest BCUT2D eigenvalue weighted by atomic mass is 9.94. The van der Waals surface area contributed by atoms with E-state index >= 15 is 0 Å². The first kappa shape index (κ1) is 38.6. The van der Waals surface area contributed by atoms with Gasteiger partial charge in [-0.25, -0.2) is 27.3 Å². The zero-order chi connectivity index (χ0) is 36.4. The first-order valence-electron chi connectivity index (χ1n) is 17.0. The summed E-state index contributed by atoms with van der Waals surface area (Å²) in [7, 11) is -5.99. The molecule has 1 saturated heterocycles. The summed E-state index contributed by atoms with van der Waals surface area (Å²) in [5.41, 5.74) is 1.67. The van der Waals surface area contributed by atoms with Crippen molar-refractivity contribution in [3.8, 4) is 0 Å². The van der Waals surface area contributed by atoms with E-state index in [1.807, 2.05) is 51.1 Å². The van der Waals surface area contributed by atoms with Crippen molar-refractivity contribution in [2.45, 2.75) is 115 Å². The molecule has 2 aliphatic rings. The van der Waals surface area contributed by atoms with Crippen molar-refractivity contribution >= 4 is 36.0 Å². The van der Waals surface area contributed by atoms with Crippen molar-refractivity contribution < 1.29 is 31.5 Å². The van der Waals surface area contributed by atoms with E-state index in [9.17, 15) is 17.6 Å². The SMILES string of the molecule is CC(C)(C)OC(=O)N1CC=C(c2ccc(CC3C(C)(C)OC(=NC(CCO[Si](C)(C)C(C)(C)C)c4ccccc4F)NS3(=O)=O)cc2)CC1. The third-order valence-electron chi connectivity index (χ3n) is 9.54. The van der Waals surface area contributed by atoms with Gasteiger partial charge in [-0.3, -0.25) is 0 Å². The van der Waals surface area contributed by atoms with Gasteiger partial charge in [-0.1, -0.05) is 69.3 Å². The van der Waals surface area contributed by atoms with Crippen molar-refractivity contribution in [3.05, 3.63) is 77.1 Å². The van der Waals surface area contributed by atoms with Crippen LogP contribution >= 0.6 is 0 Å².